The summed E-state index contributed by atoms with van der Waals surface area (Å²) in [5, 5.41) is 10.9. The molecule has 1 fully saturated rings. The third-order valence-corrected chi connectivity index (χ3v) is 4.15. The van der Waals surface area contributed by atoms with E-state index in [1.54, 1.807) is 0 Å². The Kier molecular flexibility index (Phi) is 3.28. The zero-order chi connectivity index (χ0) is 12.6. The Morgan fingerprint density at radius 3 is 2.65 bits per heavy atom. The summed E-state index contributed by atoms with van der Waals surface area (Å²) in [5.41, 5.74) is 2.95. The lowest BCUT2D eigenvalue weighted by molar-refractivity contribution is -0.0412. The molecule has 2 unspecified atom stereocenters. The van der Waals surface area contributed by atoms with Crippen LogP contribution in [0.25, 0.3) is 0 Å². The molecule has 1 heterocycles. The van der Waals surface area contributed by atoms with Crippen LogP contribution in [-0.2, 0) is 5.60 Å². The van der Waals surface area contributed by atoms with Crippen LogP contribution in [0.2, 0.25) is 0 Å². The molecule has 1 aliphatic heterocycles. The first-order chi connectivity index (χ1) is 7.92. The molecule has 1 saturated heterocycles. The molecule has 1 aromatic rings. The number of hydrogen-bond donors (Lipinski definition) is 1. The number of aliphatic hydroxyl groups is 1. The Hall–Kier alpha value is -0.860. The van der Waals surface area contributed by atoms with Crippen LogP contribution >= 0.6 is 0 Å². The van der Waals surface area contributed by atoms with Crippen molar-refractivity contribution in [2.24, 2.45) is 0 Å². The lowest BCUT2D eigenvalue weighted by Gasteiger charge is -2.42. The molecule has 1 aromatic carbocycles. The van der Waals surface area contributed by atoms with E-state index in [9.17, 15) is 5.11 Å². The molecule has 1 N–H and O–H groups in total. The van der Waals surface area contributed by atoms with E-state index < -0.39 is 5.60 Å². The van der Waals surface area contributed by atoms with E-state index in [1.807, 2.05) is 0 Å². The van der Waals surface area contributed by atoms with Gasteiger partial charge in [0.05, 0.1) is 5.60 Å². The average molecular weight is 233 g/mol. The first kappa shape index (κ1) is 12.6. The van der Waals surface area contributed by atoms with Gasteiger partial charge in [-0.2, -0.15) is 0 Å². The lowest BCUT2D eigenvalue weighted by Crippen LogP contribution is -2.46. The molecular formula is C15H23NO. The van der Waals surface area contributed by atoms with Crippen molar-refractivity contribution in [1.82, 2.24) is 4.90 Å². The highest BCUT2D eigenvalue weighted by atomic mass is 16.3. The molecule has 2 heteroatoms. The molecule has 0 saturated carbocycles. The van der Waals surface area contributed by atoms with Gasteiger partial charge in [0.1, 0.15) is 0 Å². The largest absolute Gasteiger partial charge is 0.385 e. The molecule has 2 atom stereocenters. The van der Waals surface area contributed by atoms with Gasteiger partial charge >= 0.3 is 0 Å². The van der Waals surface area contributed by atoms with Crippen LogP contribution in [0.15, 0.2) is 18.2 Å². The minimum Gasteiger partial charge on any atom is -0.385 e. The van der Waals surface area contributed by atoms with Crippen LogP contribution in [0.1, 0.15) is 36.5 Å². The Balaban J connectivity index is 2.32. The second-order valence-electron chi connectivity index (χ2n) is 5.63. The Morgan fingerprint density at radius 2 is 2.06 bits per heavy atom. The van der Waals surface area contributed by atoms with Crippen molar-refractivity contribution in [2.45, 2.75) is 45.3 Å². The summed E-state index contributed by atoms with van der Waals surface area (Å²) in [6.07, 6.45) is 1.66. The predicted molar refractivity (Wildman–Crippen MR) is 71.1 cm³/mol. The Morgan fingerprint density at radius 1 is 1.35 bits per heavy atom. The van der Waals surface area contributed by atoms with Gasteiger partial charge in [-0.05, 0) is 51.8 Å². The molecule has 2 rings (SSSR count). The number of hydrogen-bond acceptors (Lipinski definition) is 2. The summed E-state index contributed by atoms with van der Waals surface area (Å²) >= 11 is 0. The van der Waals surface area contributed by atoms with E-state index in [0.29, 0.717) is 6.04 Å². The normalized spacial score (nSPS) is 30.5. The SMILES string of the molecule is Cc1ccc(C2(O)CCN(C)C(C)C2)c(C)c1. The fourth-order valence-corrected chi connectivity index (χ4v) is 2.91. The predicted octanol–water partition coefficient (Wildman–Crippen LogP) is 2.61. The van der Waals surface area contributed by atoms with Crippen LogP contribution in [-0.4, -0.2) is 29.6 Å². The van der Waals surface area contributed by atoms with Gasteiger partial charge < -0.3 is 10.0 Å². The summed E-state index contributed by atoms with van der Waals surface area (Å²) in [7, 11) is 2.13. The minimum atomic E-state index is -0.635. The molecule has 2 nitrogen and oxygen atoms in total. The van der Waals surface area contributed by atoms with E-state index in [4.69, 9.17) is 0 Å². The van der Waals surface area contributed by atoms with Crippen molar-refractivity contribution in [1.29, 1.82) is 0 Å². The fraction of sp³-hybridized carbons (Fsp3) is 0.600. The molecule has 0 radical (unpaired) electrons. The van der Waals surface area contributed by atoms with E-state index in [2.05, 4.69) is 50.9 Å². The van der Waals surface area contributed by atoms with Gasteiger partial charge in [-0.15, -0.1) is 0 Å². The third-order valence-electron chi connectivity index (χ3n) is 4.15. The molecule has 0 amide bonds. The zero-order valence-corrected chi connectivity index (χ0v) is 11.3. The van der Waals surface area contributed by atoms with Gasteiger partial charge in [-0.25, -0.2) is 0 Å². The van der Waals surface area contributed by atoms with Gasteiger partial charge in [-0.3, -0.25) is 0 Å². The van der Waals surface area contributed by atoms with Gasteiger partial charge in [0.2, 0.25) is 0 Å². The van der Waals surface area contributed by atoms with E-state index in [-0.39, 0.29) is 0 Å². The van der Waals surface area contributed by atoms with Gasteiger partial charge in [-0.1, -0.05) is 23.8 Å². The minimum absolute atomic E-state index is 0.439. The monoisotopic (exact) mass is 233 g/mol. The molecule has 94 valence electrons. The van der Waals surface area contributed by atoms with Crippen molar-refractivity contribution in [2.75, 3.05) is 13.6 Å². The second-order valence-corrected chi connectivity index (χ2v) is 5.63. The first-order valence-electron chi connectivity index (χ1n) is 6.43. The topological polar surface area (TPSA) is 23.5 Å². The summed E-state index contributed by atoms with van der Waals surface area (Å²) in [4.78, 5) is 2.32. The van der Waals surface area contributed by atoms with E-state index >= 15 is 0 Å². The van der Waals surface area contributed by atoms with Gasteiger partial charge in [0.25, 0.3) is 0 Å². The lowest BCUT2D eigenvalue weighted by atomic mass is 9.79. The maximum atomic E-state index is 10.9. The van der Waals surface area contributed by atoms with Gasteiger partial charge in [0.15, 0.2) is 0 Å². The van der Waals surface area contributed by atoms with Crippen molar-refractivity contribution in [3.63, 3.8) is 0 Å². The smallest absolute Gasteiger partial charge is 0.0926 e. The maximum absolute atomic E-state index is 10.9. The first-order valence-corrected chi connectivity index (χ1v) is 6.43. The van der Waals surface area contributed by atoms with E-state index in [0.717, 1.165) is 24.9 Å². The van der Waals surface area contributed by atoms with Crippen molar-refractivity contribution in [3.8, 4) is 0 Å². The van der Waals surface area contributed by atoms with Crippen molar-refractivity contribution in [3.05, 3.63) is 34.9 Å². The Labute approximate surface area is 104 Å². The molecule has 0 bridgehead atoms. The van der Waals surface area contributed by atoms with Crippen LogP contribution in [0, 0.1) is 13.8 Å². The number of piperidine rings is 1. The molecule has 17 heavy (non-hydrogen) atoms. The highest BCUT2D eigenvalue weighted by Crippen LogP contribution is 2.36. The standard InChI is InChI=1S/C15H23NO/c1-11-5-6-14(12(2)9-11)15(17)7-8-16(4)13(3)10-15/h5-6,9,13,17H,7-8,10H2,1-4H3. The number of rotatable bonds is 1. The van der Waals surface area contributed by atoms with Crippen molar-refractivity contribution < 1.29 is 5.11 Å². The van der Waals surface area contributed by atoms with Crippen LogP contribution in [0.3, 0.4) is 0 Å². The summed E-state index contributed by atoms with van der Waals surface area (Å²) in [5.74, 6) is 0. The van der Waals surface area contributed by atoms with Crippen molar-refractivity contribution >= 4 is 0 Å². The highest BCUT2D eigenvalue weighted by molar-refractivity contribution is 5.35. The number of aryl methyl sites for hydroxylation is 2. The van der Waals surface area contributed by atoms with Crippen LogP contribution in [0.5, 0.6) is 0 Å². The molecule has 0 aromatic heterocycles. The number of likely N-dealkylation sites (tertiary alicyclic amines) is 1. The second kappa shape index (κ2) is 4.43. The average Bonchev–Trinajstić information content (AvgIpc) is 2.24. The third kappa shape index (κ3) is 2.38. The fourth-order valence-electron chi connectivity index (χ4n) is 2.91. The summed E-state index contributed by atoms with van der Waals surface area (Å²) < 4.78 is 0. The van der Waals surface area contributed by atoms with Gasteiger partial charge in [0, 0.05) is 12.6 Å². The zero-order valence-electron chi connectivity index (χ0n) is 11.3. The highest BCUT2D eigenvalue weighted by Gasteiger charge is 2.37. The maximum Gasteiger partial charge on any atom is 0.0926 e. The summed E-state index contributed by atoms with van der Waals surface area (Å²) in [6.45, 7) is 7.35. The molecule has 1 aliphatic rings. The molecule has 0 spiro atoms. The quantitative estimate of drug-likeness (QED) is 0.806. The summed E-state index contributed by atoms with van der Waals surface area (Å²) in [6, 6.07) is 6.80. The van der Waals surface area contributed by atoms with Crippen LogP contribution < -0.4 is 0 Å². The van der Waals surface area contributed by atoms with Crippen LogP contribution in [0.4, 0.5) is 0 Å². The Bertz CT molecular complexity index is 415. The molecule has 0 aliphatic carbocycles. The molecular weight excluding hydrogens is 210 g/mol. The van der Waals surface area contributed by atoms with E-state index in [1.165, 1.54) is 11.1 Å². The number of nitrogens with zero attached hydrogens (tertiary/aromatic N) is 1. The number of benzene rings is 1.